The minimum Gasteiger partial charge on any atom is -0.449 e. The van der Waals surface area contributed by atoms with E-state index in [1.165, 1.54) is 29.0 Å². The first-order valence-corrected chi connectivity index (χ1v) is 9.94. The second-order valence-electron chi connectivity index (χ2n) is 6.79. The number of halogens is 2. The molecule has 0 aliphatic carbocycles. The smallest absolute Gasteiger partial charge is 0.331 e. The number of carbonyl (C=O) groups is 1. The summed E-state index contributed by atoms with van der Waals surface area (Å²) in [5.74, 6) is -0.478. The van der Waals surface area contributed by atoms with Gasteiger partial charge in [0.15, 0.2) is 6.10 Å². The van der Waals surface area contributed by atoms with Gasteiger partial charge in [0.05, 0.1) is 11.4 Å². The molecule has 8 nitrogen and oxygen atoms in total. The third-order valence-corrected chi connectivity index (χ3v) is 4.87. The molecule has 0 radical (unpaired) electrons. The third-order valence-electron chi connectivity index (χ3n) is 4.51. The fourth-order valence-electron chi connectivity index (χ4n) is 2.88. The molecule has 0 saturated carbocycles. The highest BCUT2D eigenvalue weighted by molar-refractivity contribution is 6.31. The van der Waals surface area contributed by atoms with Crippen LogP contribution in [-0.4, -0.2) is 30.9 Å². The Bertz CT molecular complexity index is 1270. The molecule has 162 valence electrons. The number of rotatable bonds is 6. The minimum absolute atomic E-state index is 0.156. The van der Waals surface area contributed by atoms with Gasteiger partial charge in [-0.1, -0.05) is 16.8 Å². The van der Waals surface area contributed by atoms with Gasteiger partial charge in [0.25, 0.3) is 5.89 Å². The Kier molecular flexibility index (Phi) is 6.09. The highest BCUT2D eigenvalue weighted by atomic mass is 35.5. The maximum Gasteiger partial charge on any atom is 0.331 e. The summed E-state index contributed by atoms with van der Waals surface area (Å²) in [5, 5.41) is 8.51. The molecule has 1 unspecified atom stereocenters. The van der Waals surface area contributed by atoms with Crippen molar-refractivity contribution in [2.24, 2.45) is 0 Å². The van der Waals surface area contributed by atoms with Gasteiger partial charge in [-0.15, -0.1) is 0 Å². The average Bonchev–Trinajstić information content (AvgIpc) is 3.39. The lowest BCUT2D eigenvalue weighted by atomic mass is 10.2. The Morgan fingerprint density at radius 2 is 2.06 bits per heavy atom. The van der Waals surface area contributed by atoms with Crippen molar-refractivity contribution in [2.75, 3.05) is 0 Å². The van der Waals surface area contributed by atoms with Crippen LogP contribution >= 0.6 is 11.6 Å². The Morgan fingerprint density at radius 1 is 1.28 bits per heavy atom. The molecule has 1 aromatic carbocycles. The maximum atomic E-state index is 13.2. The lowest BCUT2D eigenvalue weighted by molar-refractivity contribution is -0.143. The van der Waals surface area contributed by atoms with Crippen LogP contribution in [0.25, 0.3) is 23.2 Å². The Morgan fingerprint density at radius 3 is 2.78 bits per heavy atom. The van der Waals surface area contributed by atoms with Crippen molar-refractivity contribution >= 4 is 23.6 Å². The third kappa shape index (κ3) is 4.57. The molecule has 1 atom stereocenters. The van der Waals surface area contributed by atoms with Gasteiger partial charge >= 0.3 is 5.97 Å². The molecule has 0 spiro atoms. The van der Waals surface area contributed by atoms with Crippen LogP contribution in [0, 0.1) is 12.7 Å². The number of ether oxygens (including phenoxy) is 1. The SMILES string of the molecule is Cc1nn(-c2ccc(F)cc2)c(Cl)c1/C=C/C(=O)OC(C)c1nc(-c2cccnc2)no1. The van der Waals surface area contributed by atoms with Gasteiger partial charge in [0.2, 0.25) is 5.82 Å². The van der Waals surface area contributed by atoms with Crippen LogP contribution in [-0.2, 0) is 9.53 Å². The number of hydrogen-bond donors (Lipinski definition) is 0. The summed E-state index contributed by atoms with van der Waals surface area (Å²) in [6, 6.07) is 9.29. The Labute approximate surface area is 187 Å². The predicted molar refractivity (Wildman–Crippen MR) is 114 cm³/mol. The number of pyridine rings is 1. The molecule has 0 N–H and O–H groups in total. The predicted octanol–water partition coefficient (Wildman–Crippen LogP) is 4.74. The zero-order chi connectivity index (χ0) is 22.7. The van der Waals surface area contributed by atoms with Crippen molar-refractivity contribution < 1.29 is 18.4 Å². The number of benzene rings is 1. The summed E-state index contributed by atoms with van der Waals surface area (Å²) in [6.07, 6.45) is 5.22. The van der Waals surface area contributed by atoms with Crippen molar-refractivity contribution in [1.82, 2.24) is 24.9 Å². The molecule has 32 heavy (non-hydrogen) atoms. The first kappa shape index (κ1) is 21.4. The molecule has 0 amide bonds. The van der Waals surface area contributed by atoms with Gasteiger partial charge in [-0.3, -0.25) is 4.98 Å². The Hall–Kier alpha value is -3.85. The summed E-state index contributed by atoms with van der Waals surface area (Å²) in [6.45, 7) is 3.37. The molecule has 4 rings (SSSR count). The monoisotopic (exact) mass is 453 g/mol. The van der Waals surface area contributed by atoms with E-state index >= 15 is 0 Å². The van der Waals surface area contributed by atoms with E-state index in [1.54, 1.807) is 50.5 Å². The van der Waals surface area contributed by atoms with Crippen LogP contribution in [0.15, 0.2) is 59.4 Å². The highest BCUT2D eigenvalue weighted by Crippen LogP contribution is 2.25. The van der Waals surface area contributed by atoms with E-state index in [1.807, 2.05) is 0 Å². The first-order chi connectivity index (χ1) is 15.4. The normalized spacial score (nSPS) is 12.2. The highest BCUT2D eigenvalue weighted by Gasteiger charge is 2.19. The quantitative estimate of drug-likeness (QED) is 0.307. The largest absolute Gasteiger partial charge is 0.449 e. The summed E-state index contributed by atoms with van der Waals surface area (Å²) in [5.41, 5.74) is 2.41. The molecular weight excluding hydrogens is 437 g/mol. The molecule has 10 heteroatoms. The number of aryl methyl sites for hydroxylation is 1. The summed E-state index contributed by atoms with van der Waals surface area (Å²) >= 11 is 6.41. The fraction of sp³-hybridized carbons (Fsp3) is 0.136. The van der Waals surface area contributed by atoms with Crippen LogP contribution in [0.4, 0.5) is 4.39 Å². The van der Waals surface area contributed by atoms with Gasteiger partial charge in [0.1, 0.15) is 11.0 Å². The van der Waals surface area contributed by atoms with E-state index < -0.39 is 12.1 Å². The van der Waals surface area contributed by atoms with Gasteiger partial charge in [0, 0.05) is 29.6 Å². The standard InChI is InChI=1S/C22H17ClFN5O3/c1-13-18(20(23)29(27-13)17-7-5-16(24)6-8-17)9-10-19(30)31-14(2)22-26-21(28-32-22)15-4-3-11-25-12-15/h3-12,14H,1-2H3/b10-9+. The molecule has 4 aromatic rings. The minimum atomic E-state index is -0.761. The average molecular weight is 454 g/mol. The van der Waals surface area contributed by atoms with E-state index in [0.29, 0.717) is 28.3 Å². The molecule has 0 aliphatic rings. The summed E-state index contributed by atoms with van der Waals surface area (Å²) in [7, 11) is 0. The van der Waals surface area contributed by atoms with Crippen LogP contribution in [0.1, 0.15) is 30.2 Å². The van der Waals surface area contributed by atoms with Crippen LogP contribution in [0.3, 0.4) is 0 Å². The van der Waals surface area contributed by atoms with Crippen LogP contribution in [0.5, 0.6) is 0 Å². The molecular formula is C22H17ClFN5O3. The summed E-state index contributed by atoms with van der Waals surface area (Å²) < 4.78 is 25.2. The number of hydrogen-bond acceptors (Lipinski definition) is 7. The van der Waals surface area contributed by atoms with Crippen molar-refractivity contribution in [1.29, 1.82) is 0 Å². The topological polar surface area (TPSA) is 95.9 Å². The van der Waals surface area contributed by atoms with E-state index in [4.69, 9.17) is 20.9 Å². The van der Waals surface area contributed by atoms with Gasteiger partial charge in [-0.25, -0.2) is 13.9 Å². The summed E-state index contributed by atoms with van der Waals surface area (Å²) in [4.78, 5) is 20.5. The van der Waals surface area contributed by atoms with Crippen molar-refractivity contribution in [2.45, 2.75) is 20.0 Å². The molecule has 0 saturated heterocycles. The first-order valence-electron chi connectivity index (χ1n) is 9.56. The molecule has 0 aliphatic heterocycles. The zero-order valence-electron chi connectivity index (χ0n) is 17.1. The fourth-order valence-corrected chi connectivity index (χ4v) is 3.22. The van der Waals surface area contributed by atoms with E-state index in [-0.39, 0.29) is 16.9 Å². The van der Waals surface area contributed by atoms with Crippen molar-refractivity contribution in [3.8, 4) is 17.1 Å². The van der Waals surface area contributed by atoms with Crippen LogP contribution in [0.2, 0.25) is 5.15 Å². The zero-order valence-corrected chi connectivity index (χ0v) is 17.8. The van der Waals surface area contributed by atoms with Crippen molar-refractivity contribution in [3.63, 3.8) is 0 Å². The van der Waals surface area contributed by atoms with E-state index in [2.05, 4.69) is 20.2 Å². The molecule has 3 aromatic heterocycles. The van der Waals surface area contributed by atoms with Crippen molar-refractivity contribution in [3.05, 3.63) is 83.0 Å². The van der Waals surface area contributed by atoms with E-state index in [0.717, 1.165) is 0 Å². The second-order valence-corrected chi connectivity index (χ2v) is 7.15. The maximum absolute atomic E-state index is 13.2. The van der Waals surface area contributed by atoms with E-state index in [9.17, 15) is 9.18 Å². The number of esters is 1. The molecule has 0 fully saturated rings. The number of nitrogens with zero attached hydrogens (tertiary/aromatic N) is 5. The van der Waals surface area contributed by atoms with Crippen LogP contribution < -0.4 is 0 Å². The number of aromatic nitrogens is 5. The van der Waals surface area contributed by atoms with Gasteiger partial charge in [-0.2, -0.15) is 10.1 Å². The number of carbonyl (C=O) groups excluding carboxylic acids is 1. The Balaban J connectivity index is 1.45. The lowest BCUT2D eigenvalue weighted by Gasteiger charge is -2.06. The molecule has 0 bridgehead atoms. The lowest BCUT2D eigenvalue weighted by Crippen LogP contribution is -2.06. The second kappa shape index (κ2) is 9.11. The van der Waals surface area contributed by atoms with Gasteiger partial charge < -0.3 is 9.26 Å². The van der Waals surface area contributed by atoms with Gasteiger partial charge in [-0.05, 0) is 56.3 Å². The molecule has 3 heterocycles.